The molecule has 19 heavy (non-hydrogen) atoms. The van der Waals surface area contributed by atoms with Crippen LogP contribution in [0.3, 0.4) is 0 Å². The molecule has 1 heterocycles. The number of aryl methyl sites for hydroxylation is 3. The van der Waals surface area contributed by atoms with E-state index in [1.807, 2.05) is 18.5 Å². The Labute approximate surface area is 115 Å². The summed E-state index contributed by atoms with van der Waals surface area (Å²) in [6.45, 7) is 9.59. The van der Waals surface area contributed by atoms with E-state index in [0.717, 1.165) is 6.54 Å². The number of hydrogen-bond acceptors (Lipinski definition) is 2. The molecule has 0 radical (unpaired) electrons. The number of benzene rings is 1. The van der Waals surface area contributed by atoms with Crippen molar-refractivity contribution in [3.8, 4) is 0 Å². The van der Waals surface area contributed by atoms with E-state index in [0.29, 0.717) is 6.04 Å². The molecule has 0 unspecified atom stereocenters. The summed E-state index contributed by atoms with van der Waals surface area (Å²) in [6, 6.07) is 8.90. The molecule has 2 aromatic rings. The number of hydrogen-bond donors (Lipinski definition) is 1. The molecular weight excluding hydrogens is 232 g/mol. The number of nitrogens with zero attached hydrogens (tertiary/aromatic N) is 1. The zero-order chi connectivity index (χ0) is 13.8. The second kappa shape index (κ2) is 5.98. The minimum atomic E-state index is 0.314. The average molecular weight is 254 g/mol. The van der Waals surface area contributed by atoms with Gasteiger partial charge in [0.1, 0.15) is 0 Å². The van der Waals surface area contributed by atoms with Crippen molar-refractivity contribution < 1.29 is 0 Å². The van der Waals surface area contributed by atoms with Crippen LogP contribution in [0.25, 0.3) is 0 Å². The lowest BCUT2D eigenvalue weighted by Crippen LogP contribution is -2.19. The summed E-state index contributed by atoms with van der Waals surface area (Å²) in [5.74, 6) is 0. The first kappa shape index (κ1) is 13.8. The van der Waals surface area contributed by atoms with Crippen LogP contribution < -0.4 is 5.32 Å². The fourth-order valence-electron chi connectivity index (χ4n) is 2.49. The molecule has 0 bridgehead atoms. The van der Waals surface area contributed by atoms with E-state index < -0.39 is 0 Å². The molecule has 2 heteroatoms. The SMILES string of the molecule is Cc1cc(C)c(CN[C@@H](C)c2cccnc2)c(C)c1. The summed E-state index contributed by atoms with van der Waals surface area (Å²) in [7, 11) is 0. The van der Waals surface area contributed by atoms with Crippen molar-refractivity contribution in [2.75, 3.05) is 0 Å². The number of pyridine rings is 1. The van der Waals surface area contributed by atoms with Gasteiger partial charge >= 0.3 is 0 Å². The maximum atomic E-state index is 4.17. The van der Waals surface area contributed by atoms with Gasteiger partial charge in [-0.25, -0.2) is 0 Å². The molecule has 2 rings (SSSR count). The highest BCUT2D eigenvalue weighted by Gasteiger charge is 2.08. The quantitative estimate of drug-likeness (QED) is 0.896. The van der Waals surface area contributed by atoms with Gasteiger partial charge in [0.25, 0.3) is 0 Å². The van der Waals surface area contributed by atoms with E-state index >= 15 is 0 Å². The van der Waals surface area contributed by atoms with Crippen molar-refractivity contribution in [1.29, 1.82) is 0 Å². The first-order valence-electron chi connectivity index (χ1n) is 6.78. The van der Waals surface area contributed by atoms with Crippen LogP contribution in [0.1, 0.15) is 40.8 Å². The molecule has 0 amide bonds. The first-order valence-corrected chi connectivity index (χ1v) is 6.78. The largest absolute Gasteiger partial charge is 0.306 e. The summed E-state index contributed by atoms with van der Waals surface area (Å²) in [5, 5.41) is 3.58. The van der Waals surface area contributed by atoms with Crippen molar-refractivity contribution in [3.63, 3.8) is 0 Å². The van der Waals surface area contributed by atoms with Crippen molar-refractivity contribution in [2.24, 2.45) is 0 Å². The van der Waals surface area contributed by atoms with Gasteiger partial charge in [0.15, 0.2) is 0 Å². The van der Waals surface area contributed by atoms with E-state index in [-0.39, 0.29) is 0 Å². The predicted molar refractivity (Wildman–Crippen MR) is 80.1 cm³/mol. The third-order valence-corrected chi connectivity index (χ3v) is 3.61. The van der Waals surface area contributed by atoms with Gasteiger partial charge in [0.2, 0.25) is 0 Å². The zero-order valence-electron chi connectivity index (χ0n) is 12.2. The lowest BCUT2D eigenvalue weighted by Gasteiger charge is -2.17. The van der Waals surface area contributed by atoms with Gasteiger partial charge in [-0.1, -0.05) is 23.8 Å². The average Bonchev–Trinajstić information content (AvgIpc) is 2.38. The van der Waals surface area contributed by atoms with Crippen LogP contribution in [0.2, 0.25) is 0 Å². The highest BCUT2D eigenvalue weighted by atomic mass is 14.9. The Morgan fingerprint density at radius 2 is 1.84 bits per heavy atom. The summed E-state index contributed by atoms with van der Waals surface area (Å²) in [5.41, 5.74) is 6.69. The fraction of sp³-hybridized carbons (Fsp3) is 0.353. The van der Waals surface area contributed by atoms with Crippen molar-refractivity contribution in [2.45, 2.75) is 40.3 Å². The topological polar surface area (TPSA) is 24.9 Å². The van der Waals surface area contributed by atoms with Gasteiger partial charge < -0.3 is 5.32 Å². The van der Waals surface area contributed by atoms with Crippen LogP contribution in [0.15, 0.2) is 36.7 Å². The Hall–Kier alpha value is -1.67. The summed E-state index contributed by atoms with van der Waals surface area (Å²) >= 11 is 0. The molecular formula is C17H22N2. The molecule has 0 spiro atoms. The van der Waals surface area contributed by atoms with Crippen LogP contribution in [0.4, 0.5) is 0 Å². The van der Waals surface area contributed by atoms with Gasteiger partial charge in [-0.2, -0.15) is 0 Å². The normalized spacial score (nSPS) is 12.4. The van der Waals surface area contributed by atoms with E-state index in [1.54, 1.807) is 0 Å². The van der Waals surface area contributed by atoms with Crippen LogP contribution in [-0.4, -0.2) is 4.98 Å². The molecule has 0 aliphatic rings. The third-order valence-electron chi connectivity index (χ3n) is 3.61. The maximum Gasteiger partial charge on any atom is 0.0315 e. The molecule has 0 aliphatic heterocycles. The van der Waals surface area contributed by atoms with Crippen LogP contribution in [-0.2, 0) is 6.54 Å². The number of nitrogens with one attached hydrogen (secondary N) is 1. The molecule has 0 aliphatic carbocycles. The Morgan fingerprint density at radius 3 is 2.42 bits per heavy atom. The van der Waals surface area contributed by atoms with Gasteiger partial charge in [0.05, 0.1) is 0 Å². The molecule has 0 saturated carbocycles. The second-order valence-electron chi connectivity index (χ2n) is 5.27. The smallest absolute Gasteiger partial charge is 0.0315 e. The van der Waals surface area contributed by atoms with Crippen LogP contribution in [0.5, 0.6) is 0 Å². The standard InChI is InChI=1S/C17H22N2/c1-12-8-13(2)17(14(3)9-12)11-19-15(4)16-6-5-7-18-10-16/h5-10,15,19H,11H2,1-4H3/t15-/m0/s1. The Bertz CT molecular complexity index is 523. The summed E-state index contributed by atoms with van der Waals surface area (Å²) in [6.07, 6.45) is 3.73. The number of rotatable bonds is 4. The van der Waals surface area contributed by atoms with Crippen LogP contribution >= 0.6 is 0 Å². The second-order valence-corrected chi connectivity index (χ2v) is 5.27. The lowest BCUT2D eigenvalue weighted by atomic mass is 9.99. The Morgan fingerprint density at radius 1 is 1.16 bits per heavy atom. The minimum Gasteiger partial charge on any atom is -0.306 e. The summed E-state index contributed by atoms with van der Waals surface area (Å²) in [4.78, 5) is 4.17. The Balaban J connectivity index is 2.07. The van der Waals surface area contributed by atoms with E-state index in [2.05, 4.69) is 56.2 Å². The van der Waals surface area contributed by atoms with E-state index in [9.17, 15) is 0 Å². The highest BCUT2D eigenvalue weighted by Crippen LogP contribution is 2.18. The molecule has 2 nitrogen and oxygen atoms in total. The first-order chi connectivity index (χ1) is 9.08. The summed E-state index contributed by atoms with van der Waals surface area (Å²) < 4.78 is 0. The predicted octanol–water partition coefficient (Wildman–Crippen LogP) is 3.86. The van der Waals surface area contributed by atoms with Gasteiger partial charge in [-0.3, -0.25) is 4.98 Å². The van der Waals surface area contributed by atoms with Gasteiger partial charge in [-0.15, -0.1) is 0 Å². The molecule has 100 valence electrons. The zero-order valence-corrected chi connectivity index (χ0v) is 12.2. The van der Waals surface area contributed by atoms with Gasteiger partial charge in [0, 0.05) is 25.0 Å². The molecule has 1 atom stereocenters. The van der Waals surface area contributed by atoms with Crippen LogP contribution in [0, 0.1) is 20.8 Å². The fourth-order valence-corrected chi connectivity index (χ4v) is 2.49. The Kier molecular flexibility index (Phi) is 4.33. The molecule has 1 N–H and O–H groups in total. The lowest BCUT2D eigenvalue weighted by molar-refractivity contribution is 0.570. The number of aromatic nitrogens is 1. The minimum absolute atomic E-state index is 0.314. The van der Waals surface area contributed by atoms with Crippen molar-refractivity contribution in [3.05, 3.63) is 64.5 Å². The van der Waals surface area contributed by atoms with E-state index in [4.69, 9.17) is 0 Å². The molecule has 0 saturated heterocycles. The monoisotopic (exact) mass is 254 g/mol. The van der Waals surface area contributed by atoms with Crippen molar-refractivity contribution in [1.82, 2.24) is 10.3 Å². The van der Waals surface area contributed by atoms with Gasteiger partial charge in [-0.05, 0) is 56.0 Å². The highest BCUT2D eigenvalue weighted by molar-refractivity contribution is 5.37. The van der Waals surface area contributed by atoms with Crippen molar-refractivity contribution >= 4 is 0 Å². The maximum absolute atomic E-state index is 4.17. The molecule has 0 fully saturated rings. The third kappa shape index (κ3) is 3.42. The molecule has 1 aromatic heterocycles. The molecule has 1 aromatic carbocycles. The van der Waals surface area contributed by atoms with E-state index in [1.165, 1.54) is 27.8 Å².